The summed E-state index contributed by atoms with van der Waals surface area (Å²) in [5.74, 6) is 0.927. The highest BCUT2D eigenvalue weighted by molar-refractivity contribution is 6.29. The van der Waals surface area contributed by atoms with Gasteiger partial charge in [-0.3, -0.25) is 0 Å². The minimum atomic E-state index is 0.102. The number of anilines is 2. The highest BCUT2D eigenvalue weighted by Gasteiger charge is 2.17. The van der Waals surface area contributed by atoms with E-state index in [2.05, 4.69) is 15.2 Å². The number of nitrogens with one attached hydrogen (secondary N) is 1. The average Bonchev–Trinajstić information content (AvgIpc) is 3.10. The number of halogens is 1. The van der Waals surface area contributed by atoms with Crippen molar-refractivity contribution in [1.29, 1.82) is 0 Å². The lowest BCUT2D eigenvalue weighted by Crippen LogP contribution is -2.37. The number of aliphatic hydroxyl groups excluding tert-OH is 1. The molecule has 1 saturated heterocycles. The Morgan fingerprint density at radius 3 is 2.65 bits per heavy atom. The summed E-state index contributed by atoms with van der Waals surface area (Å²) < 4.78 is 7.27. The van der Waals surface area contributed by atoms with Crippen molar-refractivity contribution in [2.45, 2.75) is 0 Å². The summed E-state index contributed by atoms with van der Waals surface area (Å²) in [5.41, 5.74) is 3.51. The van der Waals surface area contributed by atoms with E-state index in [1.807, 2.05) is 40.9 Å². The zero-order chi connectivity index (χ0) is 17.9. The molecule has 0 atom stereocenters. The van der Waals surface area contributed by atoms with Gasteiger partial charge in [-0.1, -0.05) is 23.7 Å². The van der Waals surface area contributed by atoms with E-state index in [-0.39, 0.29) is 6.61 Å². The van der Waals surface area contributed by atoms with Crippen LogP contribution in [0.3, 0.4) is 0 Å². The van der Waals surface area contributed by atoms with E-state index in [0.29, 0.717) is 24.9 Å². The van der Waals surface area contributed by atoms with Crippen LogP contribution in [-0.4, -0.2) is 59.2 Å². The predicted octanol–water partition coefficient (Wildman–Crippen LogP) is 2.29. The molecule has 8 heteroatoms. The molecular formula is C18H20ClN5O2. The van der Waals surface area contributed by atoms with Crippen LogP contribution in [0.1, 0.15) is 0 Å². The van der Waals surface area contributed by atoms with Crippen molar-refractivity contribution in [2.24, 2.45) is 0 Å². The third kappa shape index (κ3) is 3.46. The zero-order valence-corrected chi connectivity index (χ0v) is 15.0. The minimum Gasteiger partial charge on any atom is -0.395 e. The van der Waals surface area contributed by atoms with Crippen LogP contribution in [-0.2, 0) is 4.74 Å². The van der Waals surface area contributed by atoms with Crippen molar-refractivity contribution in [3.63, 3.8) is 0 Å². The van der Waals surface area contributed by atoms with Crippen LogP contribution in [0.5, 0.6) is 0 Å². The largest absolute Gasteiger partial charge is 0.395 e. The number of hydrogen-bond donors (Lipinski definition) is 2. The second-order valence-electron chi connectivity index (χ2n) is 6.06. The molecule has 0 radical (unpaired) electrons. The molecule has 1 fully saturated rings. The first-order chi connectivity index (χ1) is 12.7. The Kier molecular flexibility index (Phi) is 4.92. The number of rotatable bonds is 5. The lowest BCUT2D eigenvalue weighted by molar-refractivity contribution is 0.122. The fourth-order valence-corrected chi connectivity index (χ4v) is 3.23. The number of fused-ring (bicyclic) bond motifs is 1. The molecule has 0 aliphatic carbocycles. The molecule has 3 heterocycles. The Hall–Kier alpha value is -2.35. The normalized spacial score (nSPS) is 14.8. The summed E-state index contributed by atoms with van der Waals surface area (Å²) in [5, 5.41) is 17.2. The summed E-state index contributed by atoms with van der Waals surface area (Å²) in [7, 11) is 0. The highest BCUT2D eigenvalue weighted by Crippen LogP contribution is 2.26. The molecule has 3 aromatic rings. The van der Waals surface area contributed by atoms with Gasteiger partial charge in [0.15, 0.2) is 5.65 Å². The predicted molar refractivity (Wildman–Crippen MR) is 102 cm³/mol. The summed E-state index contributed by atoms with van der Waals surface area (Å²) in [4.78, 5) is 6.61. The van der Waals surface area contributed by atoms with E-state index in [0.717, 1.165) is 41.5 Å². The lowest BCUT2D eigenvalue weighted by atomic mass is 10.1. The molecule has 136 valence electrons. The topological polar surface area (TPSA) is 74.9 Å². The molecule has 2 aromatic heterocycles. The maximum atomic E-state index is 8.89. The third-order valence-electron chi connectivity index (χ3n) is 4.33. The molecule has 2 N–H and O–H groups in total. The first kappa shape index (κ1) is 17.1. The van der Waals surface area contributed by atoms with Crippen molar-refractivity contribution in [2.75, 3.05) is 49.7 Å². The smallest absolute Gasteiger partial charge is 0.159 e. The van der Waals surface area contributed by atoms with Gasteiger partial charge in [0.2, 0.25) is 0 Å². The fourth-order valence-electron chi connectivity index (χ4n) is 3.05. The summed E-state index contributed by atoms with van der Waals surface area (Å²) in [6, 6.07) is 11.7. The first-order valence-electron chi connectivity index (χ1n) is 8.59. The van der Waals surface area contributed by atoms with E-state index >= 15 is 0 Å². The lowest BCUT2D eigenvalue weighted by Gasteiger charge is -2.28. The Bertz CT molecular complexity index is 890. The Balaban J connectivity index is 1.68. The van der Waals surface area contributed by atoms with Crippen molar-refractivity contribution in [3.05, 3.63) is 41.6 Å². The first-order valence-corrected chi connectivity index (χ1v) is 8.96. The van der Waals surface area contributed by atoms with Gasteiger partial charge in [0.25, 0.3) is 0 Å². The van der Waals surface area contributed by atoms with Gasteiger partial charge in [-0.25, -0.2) is 4.98 Å². The number of ether oxygens (including phenoxy) is 1. The molecule has 4 rings (SSSR count). The third-order valence-corrected chi connectivity index (χ3v) is 4.53. The van der Waals surface area contributed by atoms with Crippen LogP contribution in [0, 0.1) is 0 Å². The van der Waals surface area contributed by atoms with E-state index in [9.17, 15) is 0 Å². The molecule has 0 amide bonds. The Labute approximate surface area is 156 Å². The van der Waals surface area contributed by atoms with Crippen molar-refractivity contribution < 1.29 is 9.84 Å². The second kappa shape index (κ2) is 7.49. The number of morpholine rings is 1. The van der Waals surface area contributed by atoms with E-state index < -0.39 is 0 Å². The molecule has 0 saturated carbocycles. The Morgan fingerprint density at radius 1 is 1.15 bits per heavy atom. The molecule has 0 unspecified atom stereocenters. The summed E-state index contributed by atoms with van der Waals surface area (Å²) in [6.07, 6.45) is 0. The standard InChI is InChI=1S/C18H20ClN5O2/c19-16-12-18(23-6-9-26-10-7-23)24-17(21-16)11-15(22-24)13-1-3-14(4-2-13)20-5-8-25/h1-4,11-12,20,25H,5-10H2. The van der Waals surface area contributed by atoms with Gasteiger partial charge < -0.3 is 20.1 Å². The molecule has 0 spiro atoms. The van der Waals surface area contributed by atoms with Crippen molar-refractivity contribution in [1.82, 2.24) is 14.6 Å². The average molecular weight is 374 g/mol. The maximum Gasteiger partial charge on any atom is 0.159 e. The van der Waals surface area contributed by atoms with Gasteiger partial charge in [0.05, 0.1) is 25.5 Å². The van der Waals surface area contributed by atoms with Crippen LogP contribution < -0.4 is 10.2 Å². The molecule has 7 nitrogen and oxygen atoms in total. The van der Waals surface area contributed by atoms with Crippen molar-refractivity contribution >= 4 is 28.8 Å². The van der Waals surface area contributed by atoms with Gasteiger partial charge in [0.1, 0.15) is 11.0 Å². The SMILES string of the molecule is OCCNc1ccc(-c2cc3nc(Cl)cc(N4CCOCC4)n3n2)cc1. The van der Waals surface area contributed by atoms with Crippen LogP contribution in [0.4, 0.5) is 11.5 Å². The van der Waals surface area contributed by atoms with Gasteiger partial charge in [-0.05, 0) is 12.1 Å². The van der Waals surface area contributed by atoms with Crippen LogP contribution in [0.2, 0.25) is 5.15 Å². The number of benzene rings is 1. The minimum absolute atomic E-state index is 0.102. The summed E-state index contributed by atoms with van der Waals surface area (Å²) in [6.45, 7) is 3.62. The van der Waals surface area contributed by atoms with Crippen LogP contribution >= 0.6 is 11.6 Å². The second-order valence-corrected chi connectivity index (χ2v) is 6.45. The van der Waals surface area contributed by atoms with Gasteiger partial charge in [0, 0.05) is 43.0 Å². The maximum absolute atomic E-state index is 8.89. The van der Waals surface area contributed by atoms with Gasteiger partial charge in [-0.15, -0.1) is 0 Å². The number of hydrogen-bond acceptors (Lipinski definition) is 6. The van der Waals surface area contributed by atoms with Crippen LogP contribution in [0.25, 0.3) is 16.9 Å². The molecule has 26 heavy (non-hydrogen) atoms. The van der Waals surface area contributed by atoms with Crippen molar-refractivity contribution in [3.8, 4) is 11.3 Å². The van der Waals surface area contributed by atoms with Gasteiger partial charge in [-0.2, -0.15) is 9.61 Å². The highest BCUT2D eigenvalue weighted by atomic mass is 35.5. The molecule has 1 aromatic carbocycles. The molecule has 1 aliphatic heterocycles. The van der Waals surface area contributed by atoms with E-state index in [4.69, 9.17) is 26.5 Å². The molecular weight excluding hydrogens is 354 g/mol. The molecule has 0 bridgehead atoms. The van der Waals surface area contributed by atoms with Gasteiger partial charge >= 0.3 is 0 Å². The number of nitrogens with zero attached hydrogens (tertiary/aromatic N) is 4. The zero-order valence-electron chi connectivity index (χ0n) is 14.2. The quantitative estimate of drug-likeness (QED) is 0.668. The van der Waals surface area contributed by atoms with E-state index in [1.54, 1.807) is 0 Å². The van der Waals surface area contributed by atoms with E-state index in [1.165, 1.54) is 0 Å². The number of aliphatic hydroxyl groups is 1. The summed E-state index contributed by atoms with van der Waals surface area (Å²) >= 11 is 6.23. The van der Waals surface area contributed by atoms with Crippen LogP contribution in [0.15, 0.2) is 36.4 Å². The number of aromatic nitrogens is 3. The Morgan fingerprint density at radius 2 is 1.92 bits per heavy atom. The molecule has 1 aliphatic rings. The fraction of sp³-hybridized carbons (Fsp3) is 0.333. The monoisotopic (exact) mass is 373 g/mol.